The molecule has 32 heavy (non-hydrogen) atoms. The first-order valence-electron chi connectivity index (χ1n) is 11.4. The molecule has 1 unspecified atom stereocenters. The van der Waals surface area contributed by atoms with E-state index in [0.717, 1.165) is 32.5 Å². The lowest BCUT2D eigenvalue weighted by molar-refractivity contribution is 0.0946. The number of aromatic nitrogens is 3. The molecule has 4 rings (SSSR count). The molecule has 3 aromatic rings. The van der Waals surface area contributed by atoms with Gasteiger partial charge in [0, 0.05) is 32.2 Å². The molecule has 0 aliphatic carbocycles. The Morgan fingerprint density at radius 2 is 1.78 bits per heavy atom. The van der Waals surface area contributed by atoms with Gasteiger partial charge in [-0.1, -0.05) is 65.9 Å². The summed E-state index contributed by atoms with van der Waals surface area (Å²) >= 11 is 0. The van der Waals surface area contributed by atoms with Crippen LogP contribution in [0.4, 0.5) is 0 Å². The van der Waals surface area contributed by atoms with E-state index < -0.39 is 0 Å². The summed E-state index contributed by atoms with van der Waals surface area (Å²) in [6.07, 6.45) is 4.38. The zero-order valence-corrected chi connectivity index (χ0v) is 18.3. The van der Waals surface area contributed by atoms with Crippen molar-refractivity contribution in [2.75, 3.05) is 32.8 Å². The van der Waals surface area contributed by atoms with Gasteiger partial charge in [0.05, 0.1) is 12.2 Å². The number of benzene rings is 2. The molecule has 1 amide bonds. The molecule has 0 saturated carbocycles. The fraction of sp³-hybridized carbons (Fsp3) is 0.400. The number of hydrogen-bond acceptors (Lipinski definition) is 5. The highest BCUT2D eigenvalue weighted by molar-refractivity contribution is 5.91. The van der Waals surface area contributed by atoms with Crippen molar-refractivity contribution < 1.29 is 9.90 Å². The lowest BCUT2D eigenvalue weighted by Crippen LogP contribution is -2.39. The summed E-state index contributed by atoms with van der Waals surface area (Å²) in [5.74, 6) is 0.0605. The molecule has 1 aliphatic rings. The minimum Gasteiger partial charge on any atom is -0.396 e. The Balaban J connectivity index is 1.44. The summed E-state index contributed by atoms with van der Waals surface area (Å²) in [6, 6.07) is 21.6. The Hall–Kier alpha value is -3.03. The van der Waals surface area contributed by atoms with Crippen molar-refractivity contribution in [3.63, 3.8) is 0 Å². The van der Waals surface area contributed by atoms with Crippen LogP contribution in [0.2, 0.25) is 0 Å². The monoisotopic (exact) mass is 433 g/mol. The van der Waals surface area contributed by atoms with Crippen molar-refractivity contribution in [2.24, 2.45) is 0 Å². The van der Waals surface area contributed by atoms with Gasteiger partial charge in [0.25, 0.3) is 5.91 Å². The van der Waals surface area contributed by atoms with Crippen LogP contribution in [0.1, 0.15) is 52.8 Å². The zero-order chi connectivity index (χ0) is 22.2. The van der Waals surface area contributed by atoms with E-state index in [0.29, 0.717) is 24.6 Å². The number of hydrogen-bond donors (Lipinski definition) is 2. The van der Waals surface area contributed by atoms with Crippen LogP contribution in [0.5, 0.6) is 0 Å². The molecule has 7 heteroatoms. The highest BCUT2D eigenvalue weighted by atomic mass is 16.3. The summed E-state index contributed by atoms with van der Waals surface area (Å²) < 4.78 is 1.84. The average Bonchev–Trinajstić information content (AvgIpc) is 3.35. The van der Waals surface area contributed by atoms with Gasteiger partial charge in [0.1, 0.15) is 0 Å². The fourth-order valence-corrected chi connectivity index (χ4v) is 4.38. The maximum atomic E-state index is 12.2. The maximum absolute atomic E-state index is 12.2. The smallest absolute Gasteiger partial charge is 0.273 e. The Bertz CT molecular complexity index is 937. The average molecular weight is 434 g/mol. The zero-order valence-electron chi connectivity index (χ0n) is 18.3. The van der Waals surface area contributed by atoms with Gasteiger partial charge in [-0.3, -0.25) is 4.79 Å². The second-order valence-electron chi connectivity index (χ2n) is 8.35. The van der Waals surface area contributed by atoms with Crippen LogP contribution < -0.4 is 5.32 Å². The van der Waals surface area contributed by atoms with Gasteiger partial charge >= 0.3 is 0 Å². The molecule has 1 aliphatic heterocycles. The first-order valence-corrected chi connectivity index (χ1v) is 11.4. The van der Waals surface area contributed by atoms with Crippen LogP contribution in [0.15, 0.2) is 66.9 Å². The third kappa shape index (κ3) is 5.60. The van der Waals surface area contributed by atoms with Crippen LogP contribution in [0.25, 0.3) is 0 Å². The topological polar surface area (TPSA) is 83.3 Å². The van der Waals surface area contributed by atoms with Gasteiger partial charge in [0.15, 0.2) is 5.69 Å². The first-order chi connectivity index (χ1) is 15.7. The SMILES string of the molecule is O=C(NCCCO)c1cn(C2CCCN(CC(c3ccccc3)c3ccccc3)C2)nn1. The molecule has 1 saturated heterocycles. The summed E-state index contributed by atoms with van der Waals surface area (Å²) in [4.78, 5) is 14.7. The summed E-state index contributed by atoms with van der Waals surface area (Å²) in [5.41, 5.74) is 2.97. The van der Waals surface area contributed by atoms with E-state index >= 15 is 0 Å². The molecule has 0 spiro atoms. The largest absolute Gasteiger partial charge is 0.396 e. The quantitative estimate of drug-likeness (QED) is 0.507. The highest BCUT2D eigenvalue weighted by Gasteiger charge is 2.26. The minimum atomic E-state index is -0.245. The second kappa shape index (κ2) is 11.0. The van der Waals surface area contributed by atoms with Gasteiger partial charge < -0.3 is 15.3 Å². The third-order valence-electron chi connectivity index (χ3n) is 6.06. The standard InChI is InChI=1S/C25H31N5O2/c31-16-8-14-26-25(32)24-19-30(28-27-24)22-13-7-15-29(17-22)18-23(20-9-3-1-4-10-20)21-11-5-2-6-12-21/h1-6,9-12,19,22-23,31H,7-8,13-18H2,(H,26,32). The molecule has 2 N–H and O–H groups in total. The predicted octanol–water partition coefficient (Wildman–Crippen LogP) is 2.86. The van der Waals surface area contributed by atoms with Crippen LogP contribution in [-0.2, 0) is 0 Å². The van der Waals surface area contributed by atoms with E-state index in [2.05, 4.69) is 81.2 Å². The number of carbonyl (C=O) groups is 1. The van der Waals surface area contributed by atoms with E-state index in [9.17, 15) is 4.79 Å². The number of piperidine rings is 1. The molecule has 1 aromatic heterocycles. The lowest BCUT2D eigenvalue weighted by Gasteiger charge is -2.35. The molecular weight excluding hydrogens is 402 g/mol. The molecule has 0 radical (unpaired) electrons. The maximum Gasteiger partial charge on any atom is 0.273 e. The van der Waals surface area contributed by atoms with E-state index in [4.69, 9.17) is 5.11 Å². The number of rotatable bonds is 9. The van der Waals surface area contributed by atoms with Gasteiger partial charge in [-0.25, -0.2) is 4.68 Å². The molecule has 2 heterocycles. The van der Waals surface area contributed by atoms with Crippen molar-refractivity contribution >= 4 is 5.91 Å². The number of aliphatic hydroxyl groups excluding tert-OH is 1. The Morgan fingerprint density at radius 1 is 1.09 bits per heavy atom. The molecule has 7 nitrogen and oxygen atoms in total. The van der Waals surface area contributed by atoms with Crippen molar-refractivity contribution in [1.29, 1.82) is 0 Å². The van der Waals surface area contributed by atoms with E-state index in [-0.39, 0.29) is 18.6 Å². The second-order valence-corrected chi connectivity index (χ2v) is 8.35. The summed E-state index contributed by atoms with van der Waals surface area (Å²) in [7, 11) is 0. The summed E-state index contributed by atoms with van der Waals surface area (Å²) in [6.45, 7) is 3.35. The predicted molar refractivity (Wildman–Crippen MR) is 123 cm³/mol. The molecule has 0 bridgehead atoms. The first kappa shape index (κ1) is 22.2. The molecule has 1 atom stereocenters. The number of aliphatic hydroxyl groups is 1. The van der Waals surface area contributed by atoms with Crippen molar-refractivity contribution in [1.82, 2.24) is 25.2 Å². The molecule has 1 fully saturated rings. The number of amides is 1. The summed E-state index contributed by atoms with van der Waals surface area (Å²) in [5, 5.41) is 20.0. The van der Waals surface area contributed by atoms with Crippen molar-refractivity contribution in [2.45, 2.75) is 31.2 Å². The van der Waals surface area contributed by atoms with Crippen LogP contribution in [0, 0.1) is 0 Å². The lowest BCUT2D eigenvalue weighted by atomic mass is 9.90. The number of nitrogens with zero attached hydrogens (tertiary/aromatic N) is 4. The van der Waals surface area contributed by atoms with E-state index in [1.807, 2.05) is 4.68 Å². The van der Waals surface area contributed by atoms with Crippen molar-refractivity contribution in [3.8, 4) is 0 Å². The molecular formula is C25H31N5O2. The van der Waals surface area contributed by atoms with Gasteiger partial charge in [-0.2, -0.15) is 0 Å². The van der Waals surface area contributed by atoms with Crippen molar-refractivity contribution in [3.05, 3.63) is 83.7 Å². The Labute approximate surface area is 189 Å². The van der Waals surface area contributed by atoms with Crippen LogP contribution in [0.3, 0.4) is 0 Å². The molecule has 2 aromatic carbocycles. The Morgan fingerprint density at radius 3 is 2.44 bits per heavy atom. The number of carbonyl (C=O) groups excluding carboxylic acids is 1. The van der Waals surface area contributed by atoms with Gasteiger partial charge in [-0.15, -0.1) is 5.10 Å². The van der Waals surface area contributed by atoms with E-state index in [1.54, 1.807) is 6.20 Å². The number of nitrogens with one attached hydrogen (secondary N) is 1. The van der Waals surface area contributed by atoms with Gasteiger partial charge in [0.2, 0.25) is 0 Å². The highest BCUT2D eigenvalue weighted by Crippen LogP contribution is 2.28. The van der Waals surface area contributed by atoms with Gasteiger partial charge in [-0.05, 0) is 36.9 Å². The normalized spacial score (nSPS) is 16.9. The molecule has 168 valence electrons. The third-order valence-corrected chi connectivity index (χ3v) is 6.06. The Kier molecular flexibility index (Phi) is 7.64. The van der Waals surface area contributed by atoms with Crippen LogP contribution in [-0.4, -0.2) is 63.7 Å². The van der Waals surface area contributed by atoms with Crippen LogP contribution >= 0.6 is 0 Å². The fourth-order valence-electron chi connectivity index (χ4n) is 4.38. The van der Waals surface area contributed by atoms with E-state index in [1.165, 1.54) is 11.1 Å². The number of likely N-dealkylation sites (tertiary alicyclic amines) is 1. The minimum absolute atomic E-state index is 0.0534.